The number of anilines is 5. The van der Waals surface area contributed by atoms with Gasteiger partial charge in [0.2, 0.25) is 5.95 Å². The molecule has 0 unspecified atom stereocenters. The molecule has 0 atom stereocenters. The molecule has 1 aromatic carbocycles. The first-order valence-corrected chi connectivity index (χ1v) is 8.44. The summed E-state index contributed by atoms with van der Waals surface area (Å²) in [5.41, 5.74) is 8.38. The number of hydrogen-bond acceptors (Lipinski definition) is 6. The van der Waals surface area contributed by atoms with E-state index in [0.717, 1.165) is 21.7 Å². The molecule has 0 spiro atoms. The van der Waals surface area contributed by atoms with E-state index in [-0.39, 0.29) is 0 Å². The number of benzene rings is 1. The van der Waals surface area contributed by atoms with E-state index in [2.05, 4.69) is 46.7 Å². The van der Waals surface area contributed by atoms with Crippen molar-refractivity contribution in [3.63, 3.8) is 0 Å². The molecule has 2 aromatic heterocycles. The van der Waals surface area contributed by atoms with Crippen LogP contribution in [-0.2, 0) is 0 Å². The van der Waals surface area contributed by atoms with Crippen molar-refractivity contribution < 1.29 is 0 Å². The fourth-order valence-electron chi connectivity index (χ4n) is 2.33. The Bertz CT molecular complexity index is 855. The summed E-state index contributed by atoms with van der Waals surface area (Å²) in [5, 5.41) is 13.7. The number of H-pyrrole nitrogens is 1. The first-order chi connectivity index (χ1) is 11.7. The van der Waals surface area contributed by atoms with Crippen LogP contribution >= 0.6 is 15.9 Å². The molecule has 0 amide bonds. The van der Waals surface area contributed by atoms with Crippen LogP contribution in [0.2, 0.25) is 0 Å². The average Bonchev–Trinajstić information content (AvgIpc) is 3.33. The fourth-order valence-corrected chi connectivity index (χ4v) is 2.62. The van der Waals surface area contributed by atoms with Gasteiger partial charge in [0.25, 0.3) is 0 Å². The van der Waals surface area contributed by atoms with Crippen LogP contribution in [0.25, 0.3) is 0 Å². The van der Waals surface area contributed by atoms with Crippen LogP contribution in [0.1, 0.15) is 24.5 Å². The van der Waals surface area contributed by atoms with E-state index in [1.165, 1.54) is 12.8 Å². The van der Waals surface area contributed by atoms with Gasteiger partial charge in [-0.3, -0.25) is 5.10 Å². The second-order valence-electron chi connectivity index (χ2n) is 5.74. The standard InChI is InChI=1S/C16H16BrN7/c17-12-8-19-16(20-11-5-3-10(18)4-6-11)22-15(12)21-14-7-13(23-24-14)9-1-2-9/h3-9H,1-2,18H2,(H3,19,20,21,22,23,24). The first kappa shape index (κ1) is 14.9. The van der Waals surface area contributed by atoms with Crippen LogP contribution in [0, 0.1) is 0 Å². The number of aromatic amines is 1. The van der Waals surface area contributed by atoms with E-state index in [1.54, 1.807) is 6.20 Å². The highest BCUT2D eigenvalue weighted by Crippen LogP contribution is 2.39. The van der Waals surface area contributed by atoms with Gasteiger partial charge in [-0.25, -0.2) is 4.98 Å². The quantitative estimate of drug-likeness (QED) is 0.496. The third-order valence-corrected chi connectivity index (χ3v) is 4.34. The number of nitrogens with zero attached hydrogens (tertiary/aromatic N) is 3. The third kappa shape index (κ3) is 3.33. The lowest BCUT2D eigenvalue weighted by molar-refractivity contribution is 0.966. The van der Waals surface area contributed by atoms with Gasteiger partial charge in [-0.2, -0.15) is 10.1 Å². The minimum absolute atomic E-state index is 0.493. The van der Waals surface area contributed by atoms with E-state index < -0.39 is 0 Å². The third-order valence-electron chi connectivity index (χ3n) is 3.76. The second-order valence-corrected chi connectivity index (χ2v) is 6.60. The first-order valence-electron chi connectivity index (χ1n) is 7.65. The molecule has 3 aromatic rings. The largest absolute Gasteiger partial charge is 0.399 e. The summed E-state index contributed by atoms with van der Waals surface area (Å²) in [6.07, 6.45) is 4.14. The van der Waals surface area contributed by atoms with Gasteiger partial charge in [-0.05, 0) is 53.0 Å². The molecule has 0 radical (unpaired) electrons. The number of halogens is 1. The molecule has 24 heavy (non-hydrogen) atoms. The maximum atomic E-state index is 5.69. The molecule has 2 heterocycles. The Morgan fingerprint density at radius 1 is 1.17 bits per heavy atom. The van der Waals surface area contributed by atoms with Crippen molar-refractivity contribution in [2.24, 2.45) is 0 Å². The molecule has 0 bridgehead atoms. The Kier molecular flexibility index (Phi) is 3.81. The van der Waals surface area contributed by atoms with Crippen LogP contribution in [-0.4, -0.2) is 20.2 Å². The number of nitrogens with one attached hydrogen (secondary N) is 3. The summed E-state index contributed by atoms with van der Waals surface area (Å²) in [6.45, 7) is 0. The summed E-state index contributed by atoms with van der Waals surface area (Å²) < 4.78 is 0.771. The monoisotopic (exact) mass is 385 g/mol. The van der Waals surface area contributed by atoms with Gasteiger partial charge in [0, 0.05) is 29.6 Å². The normalized spacial score (nSPS) is 13.7. The van der Waals surface area contributed by atoms with Crippen LogP contribution in [0.3, 0.4) is 0 Å². The summed E-state index contributed by atoms with van der Waals surface area (Å²) in [4.78, 5) is 8.77. The van der Waals surface area contributed by atoms with Gasteiger partial charge < -0.3 is 16.4 Å². The van der Waals surface area contributed by atoms with Crippen molar-refractivity contribution in [2.75, 3.05) is 16.4 Å². The van der Waals surface area contributed by atoms with Crippen molar-refractivity contribution in [3.05, 3.63) is 46.7 Å². The van der Waals surface area contributed by atoms with Crippen molar-refractivity contribution >= 4 is 44.9 Å². The summed E-state index contributed by atoms with van der Waals surface area (Å²) >= 11 is 3.46. The lowest BCUT2D eigenvalue weighted by Gasteiger charge is -2.09. The average molecular weight is 386 g/mol. The van der Waals surface area contributed by atoms with Gasteiger partial charge in [0.1, 0.15) is 5.82 Å². The molecule has 8 heteroatoms. The predicted octanol–water partition coefficient (Wildman–Crippen LogP) is 3.91. The molecule has 0 aliphatic heterocycles. The molecule has 1 fully saturated rings. The molecular weight excluding hydrogens is 370 g/mol. The highest BCUT2D eigenvalue weighted by atomic mass is 79.9. The van der Waals surface area contributed by atoms with Crippen LogP contribution in [0.5, 0.6) is 0 Å². The maximum absolute atomic E-state index is 5.69. The topological polar surface area (TPSA) is 105 Å². The summed E-state index contributed by atoms with van der Waals surface area (Å²) in [7, 11) is 0. The van der Waals surface area contributed by atoms with Crippen molar-refractivity contribution in [3.8, 4) is 0 Å². The zero-order valence-corrected chi connectivity index (χ0v) is 14.3. The van der Waals surface area contributed by atoms with Gasteiger partial charge in [-0.1, -0.05) is 0 Å². The van der Waals surface area contributed by atoms with E-state index in [4.69, 9.17) is 5.73 Å². The fraction of sp³-hybridized carbons (Fsp3) is 0.188. The lowest BCUT2D eigenvalue weighted by Crippen LogP contribution is -2.02. The number of nitrogens with two attached hydrogens (primary N) is 1. The van der Waals surface area contributed by atoms with Crippen LogP contribution in [0.15, 0.2) is 41.0 Å². The molecule has 4 rings (SSSR count). The molecule has 5 N–H and O–H groups in total. The Balaban J connectivity index is 1.52. The zero-order chi connectivity index (χ0) is 16.5. The Hall–Kier alpha value is -2.61. The molecular formula is C16H16BrN7. The van der Waals surface area contributed by atoms with Crippen LogP contribution in [0.4, 0.5) is 29.0 Å². The van der Waals surface area contributed by atoms with E-state index >= 15 is 0 Å². The Morgan fingerprint density at radius 3 is 2.71 bits per heavy atom. The van der Waals surface area contributed by atoms with E-state index in [1.807, 2.05) is 30.3 Å². The molecule has 1 saturated carbocycles. The molecule has 7 nitrogen and oxygen atoms in total. The minimum Gasteiger partial charge on any atom is -0.399 e. The highest BCUT2D eigenvalue weighted by molar-refractivity contribution is 9.10. The van der Waals surface area contributed by atoms with Crippen LogP contribution < -0.4 is 16.4 Å². The van der Waals surface area contributed by atoms with Crippen molar-refractivity contribution in [1.29, 1.82) is 0 Å². The lowest BCUT2D eigenvalue weighted by atomic mass is 10.3. The summed E-state index contributed by atoms with van der Waals surface area (Å²) in [6, 6.07) is 9.43. The number of rotatable bonds is 5. The molecule has 0 saturated heterocycles. The Labute approximate surface area is 147 Å². The maximum Gasteiger partial charge on any atom is 0.229 e. The SMILES string of the molecule is Nc1ccc(Nc2ncc(Br)c(Nc3cc(C4CC4)n[nH]3)n2)cc1. The number of hydrogen-bond donors (Lipinski definition) is 4. The van der Waals surface area contributed by atoms with Gasteiger partial charge in [0.05, 0.1) is 10.2 Å². The van der Waals surface area contributed by atoms with Gasteiger partial charge in [-0.15, -0.1) is 0 Å². The predicted molar refractivity (Wildman–Crippen MR) is 97.7 cm³/mol. The van der Waals surface area contributed by atoms with Gasteiger partial charge in [0.15, 0.2) is 5.82 Å². The van der Waals surface area contributed by atoms with Crippen molar-refractivity contribution in [1.82, 2.24) is 20.2 Å². The minimum atomic E-state index is 0.493. The molecule has 1 aliphatic carbocycles. The van der Waals surface area contributed by atoms with Gasteiger partial charge >= 0.3 is 0 Å². The number of nitrogen functional groups attached to an aromatic ring is 1. The highest BCUT2D eigenvalue weighted by Gasteiger charge is 2.26. The Morgan fingerprint density at radius 2 is 1.96 bits per heavy atom. The van der Waals surface area contributed by atoms with Crippen molar-refractivity contribution in [2.45, 2.75) is 18.8 Å². The van der Waals surface area contributed by atoms with E-state index in [9.17, 15) is 0 Å². The zero-order valence-electron chi connectivity index (χ0n) is 12.8. The summed E-state index contributed by atoms with van der Waals surface area (Å²) in [5.74, 6) is 2.57. The second kappa shape index (κ2) is 6.12. The van der Waals surface area contributed by atoms with E-state index in [0.29, 0.717) is 23.4 Å². The molecule has 1 aliphatic rings. The number of aromatic nitrogens is 4. The smallest absolute Gasteiger partial charge is 0.229 e. The molecule has 122 valence electrons.